The zero-order chi connectivity index (χ0) is 19.3. The Balaban J connectivity index is 3.14. The third-order valence-electron chi connectivity index (χ3n) is 2.88. The number of amides is 1. The van der Waals surface area contributed by atoms with Gasteiger partial charge in [0, 0.05) is 30.8 Å². The zero-order valence-corrected chi connectivity index (χ0v) is 14.9. The van der Waals surface area contributed by atoms with Crippen molar-refractivity contribution < 1.29 is 33.6 Å². The van der Waals surface area contributed by atoms with Gasteiger partial charge in [-0.15, -0.1) is 0 Å². The first-order valence-corrected chi connectivity index (χ1v) is 8.47. The molecule has 0 aromatic heterocycles. The van der Waals surface area contributed by atoms with Crippen LogP contribution in [0.2, 0.25) is 0 Å². The van der Waals surface area contributed by atoms with Gasteiger partial charge in [-0.25, -0.2) is 0 Å². The molecule has 26 heavy (non-hydrogen) atoms. The predicted octanol–water partition coefficient (Wildman–Crippen LogP) is 0.734. The number of carboxylic acids is 1. The first kappa shape index (κ1) is 24.1. The van der Waals surface area contributed by atoms with Crippen molar-refractivity contribution in [3.63, 3.8) is 0 Å². The Bertz CT molecular complexity index is 417. The lowest BCUT2D eigenvalue weighted by atomic mass is 10.2. The molecule has 11 nitrogen and oxygen atoms in total. The second-order valence-corrected chi connectivity index (χ2v) is 5.00. The lowest BCUT2D eigenvalue weighted by Crippen LogP contribution is -2.27. The summed E-state index contributed by atoms with van der Waals surface area (Å²) in [5, 5.41) is 14.4. The number of ether oxygens (including phenoxy) is 4. The van der Waals surface area contributed by atoms with Gasteiger partial charge >= 0.3 is 5.97 Å². The molecule has 0 saturated heterocycles. The molecule has 0 fully saturated rings. The van der Waals surface area contributed by atoms with Crippen LogP contribution in [-0.2, 0) is 28.5 Å². The molecule has 0 saturated carbocycles. The second kappa shape index (κ2) is 19.4. The van der Waals surface area contributed by atoms with E-state index in [0.717, 1.165) is 0 Å². The second-order valence-electron chi connectivity index (χ2n) is 5.00. The Morgan fingerprint density at radius 1 is 0.885 bits per heavy atom. The van der Waals surface area contributed by atoms with Crippen LogP contribution in [0.3, 0.4) is 0 Å². The molecule has 0 rings (SSSR count). The van der Waals surface area contributed by atoms with Crippen LogP contribution in [0.15, 0.2) is 5.11 Å². The maximum atomic E-state index is 11.3. The number of carboxylic acid groups (broad SMARTS) is 1. The van der Waals surface area contributed by atoms with E-state index in [1.54, 1.807) is 0 Å². The van der Waals surface area contributed by atoms with Gasteiger partial charge in [0.15, 0.2) is 0 Å². The summed E-state index contributed by atoms with van der Waals surface area (Å²) in [5.74, 6) is -1.08. The van der Waals surface area contributed by atoms with E-state index in [-0.39, 0.29) is 18.7 Å². The van der Waals surface area contributed by atoms with Crippen molar-refractivity contribution >= 4 is 11.9 Å². The first-order valence-electron chi connectivity index (χ1n) is 8.47. The Morgan fingerprint density at radius 3 is 1.96 bits per heavy atom. The highest BCUT2D eigenvalue weighted by Gasteiger charge is 2.03. The average molecular weight is 376 g/mol. The molecule has 150 valence electrons. The summed E-state index contributed by atoms with van der Waals surface area (Å²) in [6, 6.07) is 0. The molecule has 0 aliphatic rings. The van der Waals surface area contributed by atoms with E-state index in [1.807, 2.05) is 0 Å². The number of hydrogen-bond donors (Lipinski definition) is 2. The Labute approximate surface area is 152 Å². The molecular formula is C15H28N4O7. The molecule has 0 radical (unpaired) electrons. The summed E-state index contributed by atoms with van der Waals surface area (Å²) in [4.78, 5) is 24.3. The fourth-order valence-corrected chi connectivity index (χ4v) is 1.66. The SMILES string of the molecule is [N-]=[N+]=NCCOCCOCCOCCOCCNC(=O)CCCC(=O)O. The molecule has 11 heteroatoms. The van der Waals surface area contributed by atoms with E-state index >= 15 is 0 Å². The number of hydrogen-bond acceptors (Lipinski definition) is 7. The minimum absolute atomic E-state index is 0.00455. The number of azide groups is 1. The Morgan fingerprint density at radius 2 is 1.42 bits per heavy atom. The molecule has 0 atom stereocenters. The highest BCUT2D eigenvalue weighted by atomic mass is 16.6. The average Bonchev–Trinajstić information content (AvgIpc) is 2.61. The summed E-state index contributed by atoms with van der Waals surface area (Å²) in [6.45, 7) is 4.07. The van der Waals surface area contributed by atoms with Gasteiger partial charge in [-0.05, 0) is 12.0 Å². The summed E-state index contributed by atoms with van der Waals surface area (Å²) < 4.78 is 21.0. The molecule has 0 bridgehead atoms. The van der Waals surface area contributed by atoms with E-state index in [9.17, 15) is 9.59 Å². The van der Waals surface area contributed by atoms with E-state index in [4.69, 9.17) is 29.6 Å². The van der Waals surface area contributed by atoms with Crippen molar-refractivity contribution in [2.75, 3.05) is 65.9 Å². The van der Waals surface area contributed by atoms with Crippen molar-refractivity contribution in [1.82, 2.24) is 5.32 Å². The standard InChI is InChI=1S/C15H28N4O7/c16-19-18-5-7-24-9-11-26-13-12-25-10-8-23-6-4-17-14(20)2-1-3-15(21)22/h1-13H2,(H,17,20)(H,21,22). The lowest BCUT2D eigenvalue weighted by molar-refractivity contribution is -0.137. The number of rotatable bonds is 19. The maximum absolute atomic E-state index is 11.3. The van der Waals surface area contributed by atoms with Crippen molar-refractivity contribution in [3.8, 4) is 0 Å². The summed E-state index contributed by atoms with van der Waals surface area (Å²) >= 11 is 0. The highest BCUT2D eigenvalue weighted by Crippen LogP contribution is 1.94. The van der Waals surface area contributed by atoms with E-state index < -0.39 is 5.97 Å². The number of carbonyl (C=O) groups is 2. The van der Waals surface area contributed by atoms with Crippen LogP contribution in [0.1, 0.15) is 19.3 Å². The van der Waals surface area contributed by atoms with Crippen molar-refractivity contribution in [2.45, 2.75) is 19.3 Å². The monoisotopic (exact) mass is 376 g/mol. The predicted molar refractivity (Wildman–Crippen MR) is 91.8 cm³/mol. The molecule has 0 aliphatic carbocycles. The fourth-order valence-electron chi connectivity index (χ4n) is 1.66. The van der Waals surface area contributed by atoms with E-state index in [1.165, 1.54) is 0 Å². The molecule has 0 aromatic carbocycles. The summed E-state index contributed by atoms with van der Waals surface area (Å²) in [7, 11) is 0. The highest BCUT2D eigenvalue weighted by molar-refractivity contribution is 5.76. The number of carbonyl (C=O) groups excluding carboxylic acids is 1. The third kappa shape index (κ3) is 20.1. The quantitative estimate of drug-likeness (QED) is 0.146. The molecule has 2 N–H and O–H groups in total. The van der Waals surface area contributed by atoms with Crippen molar-refractivity contribution in [3.05, 3.63) is 10.4 Å². The fraction of sp³-hybridized carbons (Fsp3) is 0.867. The van der Waals surface area contributed by atoms with Crippen LogP contribution in [-0.4, -0.2) is 82.9 Å². The van der Waals surface area contributed by atoms with Crippen molar-refractivity contribution in [1.29, 1.82) is 0 Å². The minimum Gasteiger partial charge on any atom is -0.481 e. The van der Waals surface area contributed by atoms with Crippen LogP contribution in [0.4, 0.5) is 0 Å². The molecule has 1 amide bonds. The largest absolute Gasteiger partial charge is 0.481 e. The van der Waals surface area contributed by atoms with Gasteiger partial charge in [-0.3, -0.25) is 9.59 Å². The molecular weight excluding hydrogens is 348 g/mol. The van der Waals surface area contributed by atoms with Gasteiger partial charge in [-0.2, -0.15) is 0 Å². The number of nitrogens with zero attached hydrogens (tertiary/aromatic N) is 3. The van der Waals surface area contributed by atoms with Gasteiger partial charge in [0.25, 0.3) is 0 Å². The summed E-state index contributed by atoms with van der Waals surface area (Å²) in [5.41, 5.74) is 8.06. The van der Waals surface area contributed by atoms with Crippen LogP contribution < -0.4 is 5.32 Å². The van der Waals surface area contributed by atoms with Gasteiger partial charge in [0.2, 0.25) is 5.91 Å². The van der Waals surface area contributed by atoms with Gasteiger partial charge in [0.05, 0.1) is 52.9 Å². The van der Waals surface area contributed by atoms with Gasteiger partial charge < -0.3 is 29.4 Å². The molecule has 0 heterocycles. The Kier molecular flexibility index (Phi) is 18.0. The maximum Gasteiger partial charge on any atom is 0.303 e. The molecule has 0 unspecified atom stereocenters. The van der Waals surface area contributed by atoms with Gasteiger partial charge in [0.1, 0.15) is 0 Å². The summed E-state index contributed by atoms with van der Waals surface area (Å²) in [6.07, 6.45) is 0.531. The van der Waals surface area contributed by atoms with E-state index in [0.29, 0.717) is 72.4 Å². The first-order chi connectivity index (χ1) is 12.7. The molecule has 0 aromatic rings. The smallest absolute Gasteiger partial charge is 0.303 e. The Hall–Kier alpha value is -1.91. The normalized spacial score (nSPS) is 10.3. The topological polar surface area (TPSA) is 152 Å². The van der Waals surface area contributed by atoms with E-state index in [2.05, 4.69) is 15.3 Å². The van der Waals surface area contributed by atoms with Crippen LogP contribution in [0, 0.1) is 0 Å². The van der Waals surface area contributed by atoms with Crippen LogP contribution in [0.5, 0.6) is 0 Å². The lowest BCUT2D eigenvalue weighted by Gasteiger charge is -2.08. The molecule has 0 aliphatic heterocycles. The van der Waals surface area contributed by atoms with Gasteiger partial charge in [-0.1, -0.05) is 5.11 Å². The third-order valence-corrected chi connectivity index (χ3v) is 2.88. The zero-order valence-electron chi connectivity index (χ0n) is 14.9. The number of nitrogens with one attached hydrogen (secondary N) is 1. The van der Waals surface area contributed by atoms with Crippen LogP contribution in [0.25, 0.3) is 10.4 Å². The van der Waals surface area contributed by atoms with Crippen LogP contribution >= 0.6 is 0 Å². The minimum atomic E-state index is -0.901. The van der Waals surface area contributed by atoms with Crippen molar-refractivity contribution in [2.24, 2.45) is 5.11 Å². The number of aliphatic carboxylic acids is 1. The molecule has 0 spiro atoms.